The van der Waals surface area contributed by atoms with Gasteiger partial charge in [0.2, 0.25) is 5.91 Å². The van der Waals surface area contributed by atoms with Crippen LogP contribution >= 0.6 is 23.1 Å². The Bertz CT molecular complexity index is 1220. The summed E-state index contributed by atoms with van der Waals surface area (Å²) in [7, 11) is 3.27. The highest BCUT2D eigenvalue weighted by Crippen LogP contribution is 2.28. The van der Waals surface area contributed by atoms with Crippen molar-refractivity contribution in [1.29, 1.82) is 0 Å². The summed E-state index contributed by atoms with van der Waals surface area (Å²) in [5, 5.41) is 14.6. The Kier molecular flexibility index (Phi) is 7.26. The number of carbonyl (C=O) groups is 1. The predicted octanol–water partition coefficient (Wildman–Crippen LogP) is 4.84. The molecule has 0 aliphatic heterocycles. The third-order valence-corrected chi connectivity index (χ3v) is 6.57. The molecule has 10 heteroatoms. The Balaban J connectivity index is 1.38. The first-order valence-electron chi connectivity index (χ1n) is 10.2. The number of nitrogens with one attached hydrogen (secondary N) is 1. The van der Waals surface area contributed by atoms with Gasteiger partial charge in [0.25, 0.3) is 0 Å². The number of benzene rings is 2. The van der Waals surface area contributed by atoms with Gasteiger partial charge in [-0.1, -0.05) is 11.8 Å². The molecule has 0 fully saturated rings. The van der Waals surface area contributed by atoms with Crippen LogP contribution in [0.2, 0.25) is 0 Å². The minimum Gasteiger partial charge on any atom is -0.497 e. The van der Waals surface area contributed by atoms with Gasteiger partial charge in [-0.3, -0.25) is 4.79 Å². The molecule has 1 amide bonds. The Morgan fingerprint density at radius 2 is 1.64 bits per heavy atom. The van der Waals surface area contributed by atoms with Crippen LogP contribution in [-0.4, -0.2) is 45.6 Å². The molecule has 2 heterocycles. The summed E-state index contributed by atoms with van der Waals surface area (Å²) in [5.74, 6) is 2.39. The van der Waals surface area contributed by atoms with Crippen molar-refractivity contribution in [2.45, 2.75) is 18.6 Å². The Morgan fingerprint density at radius 1 is 1.00 bits per heavy atom. The predicted molar refractivity (Wildman–Crippen MR) is 131 cm³/mol. The quantitative estimate of drug-likeness (QED) is 0.342. The zero-order valence-corrected chi connectivity index (χ0v) is 20.1. The minimum absolute atomic E-state index is 0.146. The van der Waals surface area contributed by atoms with Gasteiger partial charge in [-0.15, -0.1) is 21.5 Å². The van der Waals surface area contributed by atoms with E-state index in [0.29, 0.717) is 16.8 Å². The standard InChI is InChI=1S/C23H23N5O3S2/c1-4-28-21(16-7-11-18(31-3)12-8-16)26-27-23(28)33-14-20(29)25-22-24-19(13-32-22)15-5-9-17(30-2)10-6-15/h5-13H,4,14H2,1-3H3,(H,24,25,29). The largest absolute Gasteiger partial charge is 0.497 e. The van der Waals surface area contributed by atoms with Gasteiger partial charge in [-0.25, -0.2) is 4.98 Å². The van der Waals surface area contributed by atoms with Gasteiger partial charge < -0.3 is 19.4 Å². The van der Waals surface area contributed by atoms with E-state index in [9.17, 15) is 4.79 Å². The SMILES string of the molecule is CCn1c(SCC(=O)Nc2nc(-c3ccc(OC)cc3)cs2)nnc1-c1ccc(OC)cc1. The van der Waals surface area contributed by atoms with Crippen LogP contribution in [0.5, 0.6) is 11.5 Å². The van der Waals surface area contributed by atoms with Gasteiger partial charge in [0.1, 0.15) is 11.5 Å². The van der Waals surface area contributed by atoms with Crippen molar-refractivity contribution in [1.82, 2.24) is 19.7 Å². The number of aromatic nitrogens is 4. The van der Waals surface area contributed by atoms with Crippen LogP contribution in [-0.2, 0) is 11.3 Å². The molecular weight excluding hydrogens is 458 g/mol. The topological polar surface area (TPSA) is 91.2 Å². The Labute approximate surface area is 200 Å². The molecule has 170 valence electrons. The maximum atomic E-state index is 12.5. The maximum absolute atomic E-state index is 12.5. The molecule has 4 aromatic rings. The van der Waals surface area contributed by atoms with E-state index in [2.05, 4.69) is 20.5 Å². The van der Waals surface area contributed by atoms with E-state index in [1.54, 1.807) is 14.2 Å². The third-order valence-electron chi connectivity index (χ3n) is 4.85. The summed E-state index contributed by atoms with van der Waals surface area (Å²) < 4.78 is 12.4. The van der Waals surface area contributed by atoms with Gasteiger partial charge in [-0.05, 0) is 55.5 Å². The van der Waals surface area contributed by atoms with E-state index in [-0.39, 0.29) is 11.7 Å². The molecule has 0 aliphatic carbocycles. The molecule has 0 radical (unpaired) electrons. The Hall–Kier alpha value is -3.37. The van der Waals surface area contributed by atoms with Crippen molar-refractivity contribution < 1.29 is 14.3 Å². The average molecular weight is 482 g/mol. The highest BCUT2D eigenvalue weighted by molar-refractivity contribution is 7.99. The van der Waals surface area contributed by atoms with Crippen molar-refractivity contribution in [2.75, 3.05) is 25.3 Å². The van der Waals surface area contributed by atoms with Crippen LogP contribution in [0.1, 0.15) is 6.92 Å². The lowest BCUT2D eigenvalue weighted by molar-refractivity contribution is -0.113. The minimum atomic E-state index is -0.146. The van der Waals surface area contributed by atoms with Crippen molar-refractivity contribution in [3.63, 3.8) is 0 Å². The lowest BCUT2D eigenvalue weighted by Gasteiger charge is -2.08. The second-order valence-corrected chi connectivity index (χ2v) is 8.68. The molecule has 0 bridgehead atoms. The number of carbonyl (C=O) groups excluding carboxylic acids is 1. The molecular formula is C23H23N5O3S2. The number of anilines is 1. The van der Waals surface area contributed by atoms with Gasteiger partial charge in [-0.2, -0.15) is 0 Å². The third kappa shape index (κ3) is 5.35. The van der Waals surface area contributed by atoms with Crippen LogP contribution in [0.3, 0.4) is 0 Å². The highest BCUT2D eigenvalue weighted by atomic mass is 32.2. The summed E-state index contributed by atoms with van der Waals surface area (Å²) in [4.78, 5) is 17.0. The van der Waals surface area contributed by atoms with Crippen LogP contribution in [0.25, 0.3) is 22.6 Å². The molecule has 2 aromatic carbocycles. The average Bonchev–Trinajstić information content (AvgIpc) is 3.49. The number of methoxy groups -OCH3 is 2. The van der Waals surface area contributed by atoms with Crippen molar-refractivity contribution in [3.05, 3.63) is 53.9 Å². The smallest absolute Gasteiger partial charge is 0.236 e. The van der Waals surface area contributed by atoms with Crippen LogP contribution in [0, 0.1) is 0 Å². The molecule has 0 atom stereocenters. The monoisotopic (exact) mass is 481 g/mol. The number of amides is 1. The first kappa shape index (κ1) is 22.8. The highest BCUT2D eigenvalue weighted by Gasteiger charge is 2.15. The van der Waals surface area contributed by atoms with Crippen molar-refractivity contribution in [3.8, 4) is 34.1 Å². The number of thioether (sulfide) groups is 1. The summed E-state index contributed by atoms with van der Waals surface area (Å²) in [6.07, 6.45) is 0. The lowest BCUT2D eigenvalue weighted by atomic mass is 10.2. The molecule has 33 heavy (non-hydrogen) atoms. The van der Waals surface area contributed by atoms with E-state index in [4.69, 9.17) is 9.47 Å². The molecule has 0 saturated heterocycles. The number of hydrogen-bond acceptors (Lipinski definition) is 8. The molecule has 0 spiro atoms. The number of ether oxygens (including phenoxy) is 2. The zero-order valence-electron chi connectivity index (χ0n) is 18.4. The van der Waals surface area contributed by atoms with Gasteiger partial charge >= 0.3 is 0 Å². The Morgan fingerprint density at radius 3 is 2.24 bits per heavy atom. The van der Waals surface area contributed by atoms with E-state index >= 15 is 0 Å². The molecule has 0 saturated carbocycles. The maximum Gasteiger partial charge on any atom is 0.236 e. The molecule has 0 aliphatic rings. The van der Waals surface area contributed by atoms with Gasteiger partial charge in [0.05, 0.1) is 25.7 Å². The second kappa shape index (κ2) is 10.5. The zero-order chi connectivity index (χ0) is 23.2. The first-order valence-corrected chi connectivity index (χ1v) is 12.1. The molecule has 1 N–H and O–H groups in total. The summed E-state index contributed by atoms with van der Waals surface area (Å²) in [5.41, 5.74) is 2.71. The first-order chi connectivity index (χ1) is 16.1. The van der Waals surface area contributed by atoms with Crippen LogP contribution in [0.15, 0.2) is 59.1 Å². The number of thiazole rings is 1. The number of nitrogens with zero attached hydrogens (tertiary/aromatic N) is 4. The second-order valence-electron chi connectivity index (χ2n) is 6.88. The summed E-state index contributed by atoms with van der Waals surface area (Å²) in [6.45, 7) is 2.72. The lowest BCUT2D eigenvalue weighted by Crippen LogP contribution is -2.14. The van der Waals surface area contributed by atoms with E-state index in [1.165, 1.54) is 23.1 Å². The van der Waals surface area contributed by atoms with Crippen molar-refractivity contribution in [2.24, 2.45) is 0 Å². The number of hydrogen-bond donors (Lipinski definition) is 1. The normalized spacial score (nSPS) is 10.8. The fourth-order valence-electron chi connectivity index (χ4n) is 3.15. The molecule has 0 unspecified atom stereocenters. The summed E-state index contributed by atoms with van der Waals surface area (Å²) in [6, 6.07) is 15.3. The van der Waals surface area contributed by atoms with Gasteiger partial charge in [0, 0.05) is 23.1 Å². The van der Waals surface area contributed by atoms with Crippen molar-refractivity contribution >= 4 is 34.1 Å². The molecule has 4 rings (SSSR count). The number of rotatable bonds is 9. The molecule has 8 nitrogen and oxygen atoms in total. The van der Waals surface area contributed by atoms with E-state index < -0.39 is 0 Å². The van der Waals surface area contributed by atoms with Crippen LogP contribution < -0.4 is 14.8 Å². The van der Waals surface area contributed by atoms with Crippen LogP contribution in [0.4, 0.5) is 5.13 Å². The molecule has 2 aromatic heterocycles. The van der Waals surface area contributed by atoms with E-state index in [0.717, 1.165) is 34.1 Å². The van der Waals surface area contributed by atoms with Gasteiger partial charge in [0.15, 0.2) is 16.1 Å². The summed E-state index contributed by atoms with van der Waals surface area (Å²) >= 11 is 2.73. The van der Waals surface area contributed by atoms with E-state index in [1.807, 2.05) is 65.4 Å². The fourth-order valence-corrected chi connectivity index (χ4v) is 4.68. The fraction of sp³-hybridized carbons (Fsp3) is 0.217.